The summed E-state index contributed by atoms with van der Waals surface area (Å²) in [6.45, 7) is 4.26. The Morgan fingerprint density at radius 1 is 1.28 bits per heavy atom. The standard InChI is InChI=1S/C16H21NO/c1-4-16-14(8-9-18-16)15(17-3)11-13-7-5-6-12(2)10-13/h5-10,15,17H,4,11H2,1-3H3. The Balaban J connectivity index is 2.20. The molecule has 1 unspecified atom stereocenters. The normalized spacial score (nSPS) is 12.6. The van der Waals surface area contributed by atoms with Crippen LogP contribution in [0.15, 0.2) is 41.0 Å². The number of benzene rings is 1. The molecule has 0 spiro atoms. The summed E-state index contributed by atoms with van der Waals surface area (Å²) >= 11 is 0. The van der Waals surface area contributed by atoms with E-state index in [-0.39, 0.29) is 0 Å². The van der Waals surface area contributed by atoms with E-state index in [4.69, 9.17) is 4.42 Å². The second-order valence-corrected chi connectivity index (χ2v) is 4.69. The van der Waals surface area contributed by atoms with Gasteiger partial charge in [-0.1, -0.05) is 36.8 Å². The first kappa shape index (κ1) is 12.9. The van der Waals surface area contributed by atoms with Crippen molar-refractivity contribution >= 4 is 0 Å². The van der Waals surface area contributed by atoms with Crippen LogP contribution in [0.25, 0.3) is 0 Å². The van der Waals surface area contributed by atoms with Crippen molar-refractivity contribution in [2.24, 2.45) is 0 Å². The third kappa shape index (κ3) is 2.82. The molecule has 0 aliphatic rings. The average Bonchev–Trinajstić information content (AvgIpc) is 2.84. The molecule has 0 saturated carbocycles. The zero-order valence-electron chi connectivity index (χ0n) is 11.4. The molecule has 1 aromatic carbocycles. The quantitative estimate of drug-likeness (QED) is 0.867. The van der Waals surface area contributed by atoms with Gasteiger partial charge >= 0.3 is 0 Å². The number of hydrogen-bond donors (Lipinski definition) is 1. The van der Waals surface area contributed by atoms with Crippen LogP contribution in [0, 0.1) is 6.92 Å². The number of rotatable bonds is 5. The van der Waals surface area contributed by atoms with Crippen molar-refractivity contribution in [3.63, 3.8) is 0 Å². The van der Waals surface area contributed by atoms with Crippen molar-refractivity contribution in [1.29, 1.82) is 0 Å². The van der Waals surface area contributed by atoms with Gasteiger partial charge < -0.3 is 9.73 Å². The fourth-order valence-corrected chi connectivity index (χ4v) is 2.39. The molecule has 1 aromatic heterocycles. The molecule has 2 aromatic rings. The molecule has 2 nitrogen and oxygen atoms in total. The highest BCUT2D eigenvalue weighted by Crippen LogP contribution is 2.23. The summed E-state index contributed by atoms with van der Waals surface area (Å²) < 4.78 is 5.52. The number of nitrogens with one attached hydrogen (secondary N) is 1. The zero-order chi connectivity index (χ0) is 13.0. The van der Waals surface area contributed by atoms with Crippen molar-refractivity contribution in [3.05, 3.63) is 59.0 Å². The average molecular weight is 243 g/mol. The summed E-state index contributed by atoms with van der Waals surface area (Å²) in [4.78, 5) is 0. The molecule has 1 atom stereocenters. The van der Waals surface area contributed by atoms with E-state index in [1.54, 1.807) is 6.26 Å². The molecular formula is C16H21NO. The molecule has 1 N–H and O–H groups in total. The van der Waals surface area contributed by atoms with Crippen molar-refractivity contribution in [1.82, 2.24) is 5.32 Å². The lowest BCUT2D eigenvalue weighted by Gasteiger charge is -2.16. The Kier molecular flexibility index (Phi) is 4.21. The molecule has 1 heterocycles. The van der Waals surface area contributed by atoms with Gasteiger partial charge in [0.15, 0.2) is 0 Å². The number of aryl methyl sites for hydroxylation is 2. The first-order valence-corrected chi connectivity index (χ1v) is 6.53. The lowest BCUT2D eigenvalue weighted by Crippen LogP contribution is -2.19. The molecule has 0 amide bonds. The molecular weight excluding hydrogens is 222 g/mol. The second kappa shape index (κ2) is 5.87. The van der Waals surface area contributed by atoms with Gasteiger partial charge in [-0.2, -0.15) is 0 Å². The lowest BCUT2D eigenvalue weighted by atomic mass is 9.98. The number of likely N-dealkylation sites (N-methyl/N-ethyl adjacent to an activating group) is 1. The summed E-state index contributed by atoms with van der Waals surface area (Å²) in [6, 6.07) is 11.1. The largest absolute Gasteiger partial charge is 0.469 e. The Bertz CT molecular complexity index is 501. The van der Waals surface area contributed by atoms with E-state index in [1.165, 1.54) is 16.7 Å². The topological polar surface area (TPSA) is 25.2 Å². The van der Waals surface area contributed by atoms with E-state index in [9.17, 15) is 0 Å². The van der Waals surface area contributed by atoms with Gasteiger partial charge in [0.2, 0.25) is 0 Å². The molecule has 2 rings (SSSR count). The van der Waals surface area contributed by atoms with E-state index < -0.39 is 0 Å². The van der Waals surface area contributed by atoms with Crippen molar-refractivity contribution in [3.8, 4) is 0 Å². The van der Waals surface area contributed by atoms with E-state index >= 15 is 0 Å². The minimum atomic E-state index is 0.320. The maximum Gasteiger partial charge on any atom is 0.108 e. The van der Waals surface area contributed by atoms with Crippen LogP contribution in [-0.2, 0) is 12.8 Å². The molecule has 96 valence electrons. The third-order valence-corrected chi connectivity index (χ3v) is 3.35. The van der Waals surface area contributed by atoms with Gasteiger partial charge in [0.1, 0.15) is 5.76 Å². The van der Waals surface area contributed by atoms with Gasteiger partial charge in [-0.3, -0.25) is 0 Å². The van der Waals surface area contributed by atoms with Gasteiger partial charge in [-0.15, -0.1) is 0 Å². The van der Waals surface area contributed by atoms with E-state index in [0.29, 0.717) is 6.04 Å². The Morgan fingerprint density at radius 3 is 2.78 bits per heavy atom. The maximum atomic E-state index is 5.52. The summed E-state index contributed by atoms with van der Waals surface area (Å²) in [7, 11) is 2.01. The van der Waals surface area contributed by atoms with Crippen LogP contribution in [0.1, 0.15) is 35.4 Å². The first-order chi connectivity index (χ1) is 8.74. The second-order valence-electron chi connectivity index (χ2n) is 4.69. The highest BCUT2D eigenvalue weighted by Gasteiger charge is 2.15. The van der Waals surface area contributed by atoms with Gasteiger partial charge in [0, 0.05) is 18.0 Å². The molecule has 0 bridgehead atoms. The van der Waals surface area contributed by atoms with E-state index in [1.807, 2.05) is 7.05 Å². The van der Waals surface area contributed by atoms with Crippen LogP contribution in [0.5, 0.6) is 0 Å². The van der Waals surface area contributed by atoms with Crippen molar-refractivity contribution < 1.29 is 4.42 Å². The molecule has 18 heavy (non-hydrogen) atoms. The maximum absolute atomic E-state index is 5.52. The Hall–Kier alpha value is -1.54. The number of hydrogen-bond acceptors (Lipinski definition) is 2. The minimum absolute atomic E-state index is 0.320. The summed E-state index contributed by atoms with van der Waals surface area (Å²) in [5, 5.41) is 3.39. The first-order valence-electron chi connectivity index (χ1n) is 6.53. The van der Waals surface area contributed by atoms with Gasteiger partial charge in [-0.05, 0) is 32.0 Å². The van der Waals surface area contributed by atoms with Gasteiger partial charge in [-0.25, -0.2) is 0 Å². The van der Waals surface area contributed by atoms with E-state index in [2.05, 4.69) is 49.5 Å². The van der Waals surface area contributed by atoms with Crippen LogP contribution in [0.2, 0.25) is 0 Å². The molecule has 0 radical (unpaired) electrons. The van der Waals surface area contributed by atoms with Crippen LogP contribution in [-0.4, -0.2) is 7.05 Å². The highest BCUT2D eigenvalue weighted by atomic mass is 16.3. The fraction of sp³-hybridized carbons (Fsp3) is 0.375. The fourth-order valence-electron chi connectivity index (χ4n) is 2.39. The van der Waals surface area contributed by atoms with Crippen LogP contribution in [0.4, 0.5) is 0 Å². The predicted molar refractivity (Wildman–Crippen MR) is 74.8 cm³/mol. The molecule has 0 saturated heterocycles. The Labute approximate surface area is 109 Å². The predicted octanol–water partition coefficient (Wildman–Crippen LogP) is 3.65. The summed E-state index contributed by atoms with van der Waals surface area (Å²) in [5.74, 6) is 1.09. The highest BCUT2D eigenvalue weighted by molar-refractivity contribution is 5.27. The SMILES string of the molecule is CCc1occc1C(Cc1cccc(C)c1)NC. The molecule has 0 aliphatic heterocycles. The molecule has 2 heteroatoms. The van der Waals surface area contributed by atoms with E-state index in [0.717, 1.165) is 18.6 Å². The third-order valence-electron chi connectivity index (χ3n) is 3.35. The summed E-state index contributed by atoms with van der Waals surface area (Å²) in [6.07, 6.45) is 3.72. The summed E-state index contributed by atoms with van der Waals surface area (Å²) in [5.41, 5.74) is 3.95. The monoisotopic (exact) mass is 243 g/mol. The van der Waals surface area contributed by atoms with Crippen LogP contribution < -0.4 is 5.32 Å². The number of furan rings is 1. The van der Waals surface area contributed by atoms with Crippen LogP contribution >= 0.6 is 0 Å². The van der Waals surface area contributed by atoms with Crippen molar-refractivity contribution in [2.45, 2.75) is 32.7 Å². The lowest BCUT2D eigenvalue weighted by molar-refractivity contribution is 0.495. The van der Waals surface area contributed by atoms with Crippen LogP contribution in [0.3, 0.4) is 0 Å². The zero-order valence-corrected chi connectivity index (χ0v) is 11.4. The smallest absolute Gasteiger partial charge is 0.108 e. The minimum Gasteiger partial charge on any atom is -0.469 e. The Morgan fingerprint density at radius 2 is 2.11 bits per heavy atom. The van der Waals surface area contributed by atoms with Gasteiger partial charge in [0.25, 0.3) is 0 Å². The van der Waals surface area contributed by atoms with Gasteiger partial charge in [0.05, 0.1) is 6.26 Å². The molecule has 0 fully saturated rings. The van der Waals surface area contributed by atoms with Crippen molar-refractivity contribution in [2.75, 3.05) is 7.05 Å². The molecule has 0 aliphatic carbocycles.